The smallest absolute Gasteiger partial charge is 0.323 e. The van der Waals surface area contributed by atoms with Crippen molar-refractivity contribution in [1.29, 1.82) is 0 Å². The molecule has 0 aliphatic carbocycles. The third kappa shape index (κ3) is 5.55. The van der Waals surface area contributed by atoms with Crippen molar-refractivity contribution in [3.63, 3.8) is 0 Å². The summed E-state index contributed by atoms with van der Waals surface area (Å²) in [7, 11) is 1.53. The van der Waals surface area contributed by atoms with Gasteiger partial charge in [-0.05, 0) is 24.8 Å². The molecule has 1 unspecified atom stereocenters. The summed E-state index contributed by atoms with van der Waals surface area (Å²) >= 11 is 0. The Bertz CT molecular complexity index is 417. The van der Waals surface area contributed by atoms with Gasteiger partial charge in [-0.25, -0.2) is 0 Å². The number of carbonyl (C=O) groups is 2. The Kier molecular flexibility index (Phi) is 6.06. The molecule has 19 heavy (non-hydrogen) atoms. The number of aryl methyl sites for hydroxylation is 1. The first kappa shape index (κ1) is 15.2. The average Bonchev–Trinajstić information content (AvgIpc) is 2.38. The van der Waals surface area contributed by atoms with Crippen molar-refractivity contribution in [2.24, 2.45) is 5.92 Å². The third-order valence-electron chi connectivity index (χ3n) is 3.12. The summed E-state index contributed by atoms with van der Waals surface area (Å²) in [5.41, 5.74) is 1.26. The van der Waals surface area contributed by atoms with Crippen molar-refractivity contribution in [1.82, 2.24) is 4.90 Å². The molecular weight excluding hydrogens is 242 g/mol. The second-order valence-corrected chi connectivity index (χ2v) is 4.87. The number of aliphatic carboxylic acids is 1. The van der Waals surface area contributed by atoms with E-state index in [1.807, 2.05) is 25.1 Å². The normalized spacial score (nSPS) is 11.9. The van der Waals surface area contributed by atoms with Crippen LogP contribution in [0.4, 0.5) is 0 Å². The van der Waals surface area contributed by atoms with Gasteiger partial charge >= 0.3 is 5.97 Å². The zero-order chi connectivity index (χ0) is 14.3. The summed E-state index contributed by atoms with van der Waals surface area (Å²) in [6.07, 6.45) is 2.65. The van der Waals surface area contributed by atoms with Gasteiger partial charge in [-0.15, -0.1) is 0 Å². The Balaban J connectivity index is 2.32. The standard InChI is InChI=1S/C15H21NO3/c1-12(15(19)16(2)11-14(17)18)7-6-10-13-8-4-3-5-9-13/h3-5,8-9,12H,6-7,10-11H2,1-2H3,(H,17,18). The van der Waals surface area contributed by atoms with Crippen molar-refractivity contribution in [2.45, 2.75) is 26.2 Å². The Hall–Kier alpha value is -1.84. The predicted molar refractivity (Wildman–Crippen MR) is 73.8 cm³/mol. The van der Waals surface area contributed by atoms with Crippen molar-refractivity contribution >= 4 is 11.9 Å². The number of rotatable bonds is 7. The van der Waals surface area contributed by atoms with Crippen LogP contribution in [0.25, 0.3) is 0 Å². The van der Waals surface area contributed by atoms with Crippen LogP contribution >= 0.6 is 0 Å². The van der Waals surface area contributed by atoms with E-state index < -0.39 is 5.97 Å². The molecule has 1 rings (SSSR count). The number of hydrogen-bond donors (Lipinski definition) is 1. The SMILES string of the molecule is CC(CCCc1ccccc1)C(=O)N(C)CC(=O)O. The average molecular weight is 263 g/mol. The molecule has 1 aromatic carbocycles. The lowest BCUT2D eigenvalue weighted by atomic mass is 10.00. The highest BCUT2D eigenvalue weighted by Gasteiger charge is 2.18. The molecule has 4 heteroatoms. The summed E-state index contributed by atoms with van der Waals surface area (Å²) in [6, 6.07) is 10.1. The topological polar surface area (TPSA) is 57.6 Å². The van der Waals surface area contributed by atoms with E-state index in [4.69, 9.17) is 5.11 Å². The number of benzene rings is 1. The van der Waals surface area contributed by atoms with E-state index in [-0.39, 0.29) is 18.4 Å². The van der Waals surface area contributed by atoms with Gasteiger partial charge in [0, 0.05) is 13.0 Å². The quantitative estimate of drug-likeness (QED) is 0.820. The summed E-state index contributed by atoms with van der Waals surface area (Å²) in [5, 5.41) is 8.65. The van der Waals surface area contributed by atoms with E-state index in [0.717, 1.165) is 19.3 Å². The van der Waals surface area contributed by atoms with Crippen molar-refractivity contribution in [2.75, 3.05) is 13.6 Å². The molecule has 1 atom stereocenters. The van der Waals surface area contributed by atoms with Gasteiger partial charge in [-0.3, -0.25) is 9.59 Å². The lowest BCUT2D eigenvalue weighted by Crippen LogP contribution is -2.35. The van der Waals surface area contributed by atoms with Crippen LogP contribution in [0.15, 0.2) is 30.3 Å². The molecule has 0 aliphatic heterocycles. The molecule has 0 saturated heterocycles. The van der Waals surface area contributed by atoms with Crippen LogP contribution < -0.4 is 0 Å². The molecule has 0 aromatic heterocycles. The van der Waals surface area contributed by atoms with E-state index in [1.165, 1.54) is 17.5 Å². The second-order valence-electron chi connectivity index (χ2n) is 4.87. The number of nitrogens with zero attached hydrogens (tertiary/aromatic N) is 1. The number of likely N-dealkylation sites (N-methyl/N-ethyl adjacent to an activating group) is 1. The van der Waals surface area contributed by atoms with E-state index in [1.54, 1.807) is 0 Å². The van der Waals surface area contributed by atoms with Crippen molar-refractivity contribution in [3.05, 3.63) is 35.9 Å². The van der Waals surface area contributed by atoms with Crippen LogP contribution in [-0.2, 0) is 16.0 Å². The maximum Gasteiger partial charge on any atom is 0.323 e. The summed E-state index contributed by atoms with van der Waals surface area (Å²) in [5.74, 6) is -1.21. The number of amides is 1. The first-order valence-electron chi connectivity index (χ1n) is 6.51. The molecule has 0 fully saturated rings. The fourth-order valence-corrected chi connectivity index (χ4v) is 2.04. The lowest BCUT2D eigenvalue weighted by Gasteiger charge is -2.19. The molecule has 4 nitrogen and oxygen atoms in total. The van der Waals surface area contributed by atoms with Crippen molar-refractivity contribution in [3.8, 4) is 0 Å². The second kappa shape index (κ2) is 7.56. The molecule has 104 valence electrons. The molecular formula is C15H21NO3. The Labute approximate surface area is 114 Å². The van der Waals surface area contributed by atoms with Gasteiger partial charge in [-0.1, -0.05) is 37.3 Å². The molecule has 0 aliphatic rings. The number of carbonyl (C=O) groups excluding carboxylic acids is 1. The van der Waals surface area contributed by atoms with Crippen LogP contribution in [0.5, 0.6) is 0 Å². The zero-order valence-electron chi connectivity index (χ0n) is 11.5. The van der Waals surface area contributed by atoms with E-state index in [9.17, 15) is 9.59 Å². The summed E-state index contributed by atoms with van der Waals surface area (Å²) in [6.45, 7) is 1.62. The maximum absolute atomic E-state index is 11.9. The molecule has 0 spiro atoms. The Morgan fingerprint density at radius 1 is 1.26 bits per heavy atom. The zero-order valence-corrected chi connectivity index (χ0v) is 11.5. The fraction of sp³-hybridized carbons (Fsp3) is 0.467. The Morgan fingerprint density at radius 2 is 1.89 bits per heavy atom. The van der Waals surface area contributed by atoms with Gasteiger partial charge in [0.15, 0.2) is 0 Å². The molecule has 0 bridgehead atoms. The van der Waals surface area contributed by atoms with E-state index in [0.29, 0.717) is 0 Å². The Morgan fingerprint density at radius 3 is 2.47 bits per heavy atom. The first-order chi connectivity index (χ1) is 9.00. The molecule has 0 saturated carbocycles. The molecule has 1 amide bonds. The maximum atomic E-state index is 11.9. The lowest BCUT2D eigenvalue weighted by molar-refractivity contribution is -0.145. The number of carboxylic acid groups (broad SMARTS) is 1. The van der Waals surface area contributed by atoms with Gasteiger partial charge in [0.1, 0.15) is 6.54 Å². The highest BCUT2D eigenvalue weighted by atomic mass is 16.4. The van der Waals surface area contributed by atoms with Gasteiger partial charge < -0.3 is 10.0 Å². The predicted octanol–water partition coefficient (Wildman–Crippen LogP) is 2.19. The number of hydrogen-bond acceptors (Lipinski definition) is 2. The van der Waals surface area contributed by atoms with Gasteiger partial charge in [-0.2, -0.15) is 0 Å². The molecule has 1 aromatic rings. The molecule has 1 N–H and O–H groups in total. The van der Waals surface area contributed by atoms with Gasteiger partial charge in [0.05, 0.1) is 0 Å². The summed E-state index contributed by atoms with van der Waals surface area (Å²) in [4.78, 5) is 23.7. The third-order valence-corrected chi connectivity index (χ3v) is 3.12. The first-order valence-corrected chi connectivity index (χ1v) is 6.51. The highest BCUT2D eigenvalue weighted by molar-refractivity contribution is 5.82. The van der Waals surface area contributed by atoms with Crippen LogP contribution in [0.2, 0.25) is 0 Å². The molecule has 0 heterocycles. The molecule has 0 radical (unpaired) electrons. The van der Waals surface area contributed by atoms with E-state index in [2.05, 4.69) is 12.1 Å². The van der Waals surface area contributed by atoms with Crippen molar-refractivity contribution < 1.29 is 14.7 Å². The van der Waals surface area contributed by atoms with E-state index >= 15 is 0 Å². The van der Waals surface area contributed by atoms with Gasteiger partial charge in [0.25, 0.3) is 0 Å². The fourth-order valence-electron chi connectivity index (χ4n) is 2.04. The van der Waals surface area contributed by atoms with Crippen LogP contribution in [0.1, 0.15) is 25.3 Å². The van der Waals surface area contributed by atoms with Crippen LogP contribution in [0.3, 0.4) is 0 Å². The van der Waals surface area contributed by atoms with Crippen LogP contribution in [-0.4, -0.2) is 35.5 Å². The highest BCUT2D eigenvalue weighted by Crippen LogP contribution is 2.12. The number of carboxylic acids is 1. The van der Waals surface area contributed by atoms with Gasteiger partial charge in [0.2, 0.25) is 5.91 Å². The minimum absolute atomic E-state index is 0.101. The largest absolute Gasteiger partial charge is 0.480 e. The minimum atomic E-state index is -0.979. The minimum Gasteiger partial charge on any atom is -0.480 e. The monoisotopic (exact) mass is 263 g/mol. The van der Waals surface area contributed by atoms with Crippen LogP contribution in [0, 0.1) is 5.92 Å². The summed E-state index contributed by atoms with van der Waals surface area (Å²) < 4.78 is 0.